The van der Waals surface area contributed by atoms with Crippen molar-refractivity contribution in [1.29, 1.82) is 0 Å². The number of carbonyl (C=O) groups is 2. The molecule has 134 valence electrons. The number of benzene rings is 1. The van der Waals surface area contributed by atoms with Crippen molar-refractivity contribution in [1.82, 2.24) is 20.8 Å². The maximum absolute atomic E-state index is 11.8. The first kappa shape index (κ1) is 17.2. The van der Waals surface area contributed by atoms with Crippen LogP contribution in [0.25, 0.3) is 11.4 Å². The number of ether oxygens (including phenoxy) is 1. The van der Waals surface area contributed by atoms with E-state index in [0.717, 1.165) is 0 Å². The molecule has 9 heteroatoms. The van der Waals surface area contributed by atoms with Gasteiger partial charge in [0.25, 0.3) is 0 Å². The molecule has 0 unspecified atom stereocenters. The number of carbonyl (C=O) groups excluding carboxylic acids is 2. The van der Waals surface area contributed by atoms with Crippen molar-refractivity contribution < 1.29 is 23.3 Å². The van der Waals surface area contributed by atoms with Crippen LogP contribution in [0, 0.1) is 0 Å². The van der Waals surface area contributed by atoms with E-state index in [9.17, 15) is 9.59 Å². The standard InChI is InChI=1S/C17H16N4O5/c1-24-12-5-2-4-11(8-12)15-20-14(26-21-15)10-19-17(23)16(22)18-9-13-6-3-7-25-13/h2-8H,9-10H2,1H3,(H,18,22)(H,19,23). The van der Waals surface area contributed by atoms with E-state index in [2.05, 4.69) is 20.8 Å². The molecule has 0 aliphatic carbocycles. The first-order chi connectivity index (χ1) is 12.7. The summed E-state index contributed by atoms with van der Waals surface area (Å²) >= 11 is 0. The monoisotopic (exact) mass is 356 g/mol. The van der Waals surface area contributed by atoms with Gasteiger partial charge in [-0.15, -0.1) is 0 Å². The summed E-state index contributed by atoms with van der Waals surface area (Å²) in [5.41, 5.74) is 0.710. The van der Waals surface area contributed by atoms with E-state index in [1.807, 2.05) is 0 Å². The fraction of sp³-hybridized carbons (Fsp3) is 0.176. The third-order valence-electron chi connectivity index (χ3n) is 3.41. The highest BCUT2D eigenvalue weighted by Crippen LogP contribution is 2.21. The highest BCUT2D eigenvalue weighted by atomic mass is 16.5. The molecule has 0 saturated carbocycles. The smallest absolute Gasteiger partial charge is 0.309 e. The minimum absolute atomic E-state index is 0.0655. The van der Waals surface area contributed by atoms with E-state index in [0.29, 0.717) is 22.9 Å². The Balaban J connectivity index is 1.52. The number of hydrogen-bond donors (Lipinski definition) is 2. The van der Waals surface area contributed by atoms with Crippen molar-refractivity contribution in [2.24, 2.45) is 0 Å². The molecule has 3 rings (SSSR count). The number of amides is 2. The third-order valence-corrected chi connectivity index (χ3v) is 3.41. The van der Waals surface area contributed by atoms with Crippen LogP contribution < -0.4 is 15.4 Å². The van der Waals surface area contributed by atoms with Crippen LogP contribution in [-0.4, -0.2) is 29.1 Å². The molecule has 9 nitrogen and oxygen atoms in total. The van der Waals surface area contributed by atoms with Gasteiger partial charge < -0.3 is 24.3 Å². The summed E-state index contributed by atoms with van der Waals surface area (Å²) in [5, 5.41) is 8.70. The molecular weight excluding hydrogens is 340 g/mol. The molecule has 3 aromatic rings. The molecule has 26 heavy (non-hydrogen) atoms. The first-order valence-electron chi connectivity index (χ1n) is 7.71. The second kappa shape index (κ2) is 7.97. The molecule has 0 saturated heterocycles. The minimum atomic E-state index is -0.808. The van der Waals surface area contributed by atoms with Gasteiger partial charge in [-0.25, -0.2) is 0 Å². The summed E-state index contributed by atoms with van der Waals surface area (Å²) in [6, 6.07) is 10.5. The number of rotatable bonds is 6. The lowest BCUT2D eigenvalue weighted by molar-refractivity contribution is -0.139. The van der Waals surface area contributed by atoms with E-state index in [1.165, 1.54) is 6.26 Å². The summed E-state index contributed by atoms with van der Waals surface area (Å²) in [7, 11) is 1.56. The number of hydrogen-bond acceptors (Lipinski definition) is 7. The average Bonchev–Trinajstić information content (AvgIpc) is 3.36. The average molecular weight is 356 g/mol. The molecule has 0 radical (unpaired) electrons. The van der Waals surface area contributed by atoms with Gasteiger partial charge in [0.1, 0.15) is 11.5 Å². The lowest BCUT2D eigenvalue weighted by atomic mass is 10.2. The quantitative estimate of drug-likeness (QED) is 0.638. The fourth-order valence-corrected chi connectivity index (χ4v) is 2.10. The van der Waals surface area contributed by atoms with E-state index < -0.39 is 11.8 Å². The van der Waals surface area contributed by atoms with Crippen molar-refractivity contribution in [3.05, 3.63) is 54.3 Å². The highest BCUT2D eigenvalue weighted by Gasteiger charge is 2.15. The zero-order chi connectivity index (χ0) is 18.4. The Hall–Kier alpha value is -3.62. The molecule has 2 heterocycles. The van der Waals surface area contributed by atoms with E-state index in [4.69, 9.17) is 13.7 Å². The lowest BCUT2D eigenvalue weighted by Crippen LogP contribution is -2.39. The van der Waals surface area contributed by atoms with Crippen LogP contribution in [-0.2, 0) is 22.7 Å². The van der Waals surface area contributed by atoms with Crippen LogP contribution in [0.4, 0.5) is 0 Å². The molecule has 0 atom stereocenters. The Labute approximate surface area is 148 Å². The zero-order valence-corrected chi connectivity index (χ0v) is 13.9. The molecular formula is C17H16N4O5. The third kappa shape index (κ3) is 4.26. The molecule has 0 aliphatic heterocycles. The SMILES string of the molecule is COc1cccc(-c2noc(CNC(=O)C(=O)NCc3ccco3)n2)c1. The van der Waals surface area contributed by atoms with Crippen molar-refractivity contribution in [3.63, 3.8) is 0 Å². The van der Waals surface area contributed by atoms with Crippen LogP contribution >= 0.6 is 0 Å². The molecule has 0 aliphatic rings. The van der Waals surface area contributed by atoms with Gasteiger partial charge >= 0.3 is 11.8 Å². The number of aromatic nitrogens is 2. The summed E-state index contributed by atoms with van der Waals surface area (Å²) in [4.78, 5) is 27.7. The minimum Gasteiger partial charge on any atom is -0.497 e. The topological polar surface area (TPSA) is 119 Å². The van der Waals surface area contributed by atoms with Crippen LogP contribution in [0.5, 0.6) is 5.75 Å². The second-order valence-electron chi connectivity index (χ2n) is 5.19. The van der Waals surface area contributed by atoms with Gasteiger partial charge in [-0.1, -0.05) is 17.3 Å². The Morgan fingerprint density at radius 1 is 1.12 bits per heavy atom. The van der Waals surface area contributed by atoms with Crippen molar-refractivity contribution in [2.75, 3.05) is 7.11 Å². The van der Waals surface area contributed by atoms with Crippen molar-refractivity contribution in [3.8, 4) is 17.1 Å². The van der Waals surface area contributed by atoms with E-state index in [-0.39, 0.29) is 19.0 Å². The van der Waals surface area contributed by atoms with Gasteiger partial charge in [-0.3, -0.25) is 9.59 Å². The summed E-state index contributed by atoms with van der Waals surface area (Å²) < 4.78 is 15.3. The molecule has 2 N–H and O–H groups in total. The Morgan fingerprint density at radius 3 is 2.65 bits per heavy atom. The number of furan rings is 1. The van der Waals surface area contributed by atoms with Gasteiger partial charge in [-0.2, -0.15) is 4.98 Å². The number of nitrogens with one attached hydrogen (secondary N) is 2. The maximum Gasteiger partial charge on any atom is 0.309 e. The van der Waals surface area contributed by atoms with Crippen molar-refractivity contribution >= 4 is 11.8 Å². The fourth-order valence-electron chi connectivity index (χ4n) is 2.10. The van der Waals surface area contributed by atoms with E-state index >= 15 is 0 Å². The van der Waals surface area contributed by atoms with Crippen LogP contribution in [0.3, 0.4) is 0 Å². The Morgan fingerprint density at radius 2 is 1.92 bits per heavy atom. The Bertz CT molecular complexity index is 888. The molecule has 2 amide bonds. The molecule has 1 aromatic carbocycles. The van der Waals surface area contributed by atoms with Crippen LogP contribution in [0.1, 0.15) is 11.7 Å². The number of methoxy groups -OCH3 is 1. The second-order valence-corrected chi connectivity index (χ2v) is 5.19. The van der Waals surface area contributed by atoms with Gasteiger partial charge in [0.05, 0.1) is 26.5 Å². The maximum atomic E-state index is 11.8. The van der Waals surface area contributed by atoms with Crippen LogP contribution in [0.15, 0.2) is 51.6 Å². The molecule has 0 spiro atoms. The zero-order valence-electron chi connectivity index (χ0n) is 13.9. The number of nitrogens with zero attached hydrogens (tertiary/aromatic N) is 2. The van der Waals surface area contributed by atoms with Gasteiger partial charge in [0, 0.05) is 5.56 Å². The van der Waals surface area contributed by atoms with Crippen LogP contribution in [0.2, 0.25) is 0 Å². The predicted octanol–water partition coefficient (Wildman–Crippen LogP) is 1.27. The molecule has 2 aromatic heterocycles. The summed E-state index contributed by atoms with van der Waals surface area (Å²) in [6.45, 7) is 0.0593. The first-order valence-corrected chi connectivity index (χ1v) is 7.71. The lowest BCUT2D eigenvalue weighted by Gasteiger charge is -2.03. The summed E-state index contributed by atoms with van der Waals surface area (Å²) in [5.74, 6) is 0.151. The largest absolute Gasteiger partial charge is 0.497 e. The Kier molecular flexibility index (Phi) is 5.28. The van der Waals surface area contributed by atoms with Gasteiger partial charge in [0.15, 0.2) is 0 Å². The van der Waals surface area contributed by atoms with Crippen molar-refractivity contribution in [2.45, 2.75) is 13.1 Å². The highest BCUT2D eigenvalue weighted by molar-refractivity contribution is 6.35. The van der Waals surface area contributed by atoms with E-state index in [1.54, 1.807) is 43.5 Å². The predicted molar refractivity (Wildman–Crippen MR) is 88.7 cm³/mol. The summed E-state index contributed by atoms with van der Waals surface area (Å²) in [6.07, 6.45) is 1.48. The van der Waals surface area contributed by atoms with Gasteiger partial charge in [0.2, 0.25) is 11.7 Å². The van der Waals surface area contributed by atoms with Gasteiger partial charge in [-0.05, 0) is 24.3 Å². The molecule has 0 fully saturated rings. The molecule has 0 bridgehead atoms. The normalized spacial score (nSPS) is 10.3.